The molecule has 0 aliphatic carbocycles. The van der Waals surface area contributed by atoms with Crippen LogP contribution in [0.5, 0.6) is 0 Å². The van der Waals surface area contributed by atoms with Gasteiger partial charge in [-0.2, -0.15) is 0 Å². The summed E-state index contributed by atoms with van der Waals surface area (Å²) < 4.78 is 0. The molecule has 0 saturated carbocycles. The molecular weight excluding hydrogens is 246 g/mol. The highest BCUT2D eigenvalue weighted by molar-refractivity contribution is 5.56. The predicted octanol–water partition coefficient (Wildman–Crippen LogP) is 2.55. The van der Waals surface area contributed by atoms with Crippen molar-refractivity contribution in [1.29, 1.82) is 0 Å². The molecule has 0 radical (unpaired) electrons. The van der Waals surface area contributed by atoms with Gasteiger partial charge in [0.25, 0.3) is 0 Å². The molecule has 1 aliphatic rings. The van der Waals surface area contributed by atoms with Crippen LogP contribution < -0.4 is 10.6 Å². The molecule has 112 valence electrons. The number of hydrogen-bond acceptors (Lipinski definition) is 3. The Hall–Kier alpha value is -1.06. The van der Waals surface area contributed by atoms with E-state index in [9.17, 15) is 0 Å². The van der Waals surface area contributed by atoms with Crippen LogP contribution in [0.15, 0.2) is 18.2 Å². The van der Waals surface area contributed by atoms with Gasteiger partial charge in [-0.25, -0.2) is 0 Å². The van der Waals surface area contributed by atoms with Gasteiger partial charge in [0.2, 0.25) is 0 Å². The van der Waals surface area contributed by atoms with E-state index >= 15 is 0 Å². The minimum atomic E-state index is 0.570. The molecule has 1 atom stereocenters. The largest absolute Gasteiger partial charge is 0.369 e. The molecule has 1 heterocycles. The van der Waals surface area contributed by atoms with Crippen LogP contribution in [0.3, 0.4) is 0 Å². The molecule has 3 nitrogen and oxygen atoms in total. The fraction of sp³-hybridized carbons (Fsp3) is 0.647. The molecule has 1 aromatic rings. The van der Waals surface area contributed by atoms with Crippen molar-refractivity contribution >= 4 is 5.69 Å². The van der Waals surface area contributed by atoms with Crippen molar-refractivity contribution in [3.8, 4) is 0 Å². The highest BCUT2D eigenvalue weighted by Gasteiger charge is 2.23. The lowest BCUT2D eigenvalue weighted by Gasteiger charge is -2.40. The fourth-order valence-electron chi connectivity index (χ4n) is 3.19. The first kappa shape index (κ1) is 15.3. The van der Waals surface area contributed by atoms with Crippen molar-refractivity contribution in [2.75, 3.05) is 37.6 Å². The third-order valence-corrected chi connectivity index (χ3v) is 4.64. The lowest BCUT2D eigenvalue weighted by molar-refractivity contribution is 0.179. The molecular formula is C17H29N3. The van der Waals surface area contributed by atoms with Crippen LogP contribution in [-0.2, 0) is 0 Å². The molecule has 2 rings (SSSR count). The highest BCUT2D eigenvalue weighted by atomic mass is 15.3. The van der Waals surface area contributed by atoms with E-state index in [2.05, 4.69) is 48.8 Å². The molecule has 0 bridgehead atoms. The smallest absolute Gasteiger partial charge is 0.0399 e. The van der Waals surface area contributed by atoms with Crippen molar-refractivity contribution in [2.24, 2.45) is 5.73 Å². The van der Waals surface area contributed by atoms with Crippen LogP contribution in [0.2, 0.25) is 0 Å². The van der Waals surface area contributed by atoms with Crippen LogP contribution in [0.1, 0.15) is 30.9 Å². The maximum Gasteiger partial charge on any atom is 0.0399 e. The molecule has 1 saturated heterocycles. The molecule has 0 amide bonds. The fourth-order valence-corrected chi connectivity index (χ4v) is 3.19. The topological polar surface area (TPSA) is 32.5 Å². The standard InChI is InChI=1S/C17H29N3/c1-4-6-16(13-18)19-9-11-20(12-10-19)17-8-5-7-14(2)15(17)3/h5,7-8,16H,4,6,9-13,18H2,1-3H3. The monoisotopic (exact) mass is 275 g/mol. The normalized spacial score (nSPS) is 18.3. The average molecular weight is 275 g/mol. The maximum atomic E-state index is 5.92. The van der Waals surface area contributed by atoms with Gasteiger partial charge < -0.3 is 10.6 Å². The van der Waals surface area contributed by atoms with Gasteiger partial charge in [-0.1, -0.05) is 25.5 Å². The predicted molar refractivity (Wildman–Crippen MR) is 87.5 cm³/mol. The lowest BCUT2D eigenvalue weighted by atomic mass is 10.1. The van der Waals surface area contributed by atoms with E-state index in [0.717, 1.165) is 32.7 Å². The number of hydrogen-bond donors (Lipinski definition) is 1. The Kier molecular flexibility index (Phi) is 5.44. The van der Waals surface area contributed by atoms with Gasteiger partial charge in [-0.3, -0.25) is 4.90 Å². The molecule has 1 aromatic carbocycles. The second kappa shape index (κ2) is 7.09. The van der Waals surface area contributed by atoms with Crippen molar-refractivity contribution in [2.45, 2.75) is 39.7 Å². The summed E-state index contributed by atoms with van der Waals surface area (Å²) in [6, 6.07) is 7.19. The number of aryl methyl sites for hydroxylation is 1. The van der Waals surface area contributed by atoms with Gasteiger partial charge in [-0.05, 0) is 37.5 Å². The van der Waals surface area contributed by atoms with E-state index in [-0.39, 0.29) is 0 Å². The summed E-state index contributed by atoms with van der Waals surface area (Å²) in [4.78, 5) is 5.10. The Morgan fingerprint density at radius 1 is 1.15 bits per heavy atom. The Balaban J connectivity index is 1.99. The minimum Gasteiger partial charge on any atom is -0.369 e. The van der Waals surface area contributed by atoms with Crippen LogP contribution >= 0.6 is 0 Å². The summed E-state index contributed by atoms with van der Waals surface area (Å²) in [7, 11) is 0. The Bertz CT molecular complexity index is 422. The number of anilines is 1. The van der Waals surface area contributed by atoms with E-state index in [1.807, 2.05) is 0 Å². The molecule has 1 unspecified atom stereocenters. The lowest BCUT2D eigenvalue weighted by Crippen LogP contribution is -2.52. The number of nitrogens with two attached hydrogens (primary N) is 1. The zero-order chi connectivity index (χ0) is 14.5. The van der Waals surface area contributed by atoms with Crippen LogP contribution in [0, 0.1) is 13.8 Å². The first-order valence-corrected chi connectivity index (χ1v) is 7.92. The van der Waals surface area contributed by atoms with Gasteiger partial charge in [0, 0.05) is 44.5 Å². The number of piperazine rings is 1. The first-order chi connectivity index (χ1) is 9.67. The van der Waals surface area contributed by atoms with E-state index in [1.165, 1.54) is 29.7 Å². The summed E-state index contributed by atoms with van der Waals surface area (Å²) in [6.45, 7) is 12.0. The van der Waals surface area contributed by atoms with E-state index < -0.39 is 0 Å². The van der Waals surface area contributed by atoms with Crippen LogP contribution in [0.4, 0.5) is 5.69 Å². The molecule has 0 spiro atoms. The van der Waals surface area contributed by atoms with E-state index in [1.54, 1.807) is 0 Å². The van der Waals surface area contributed by atoms with Crippen molar-refractivity contribution in [3.63, 3.8) is 0 Å². The summed E-state index contributed by atoms with van der Waals surface area (Å²) in [5, 5.41) is 0. The first-order valence-electron chi connectivity index (χ1n) is 7.92. The molecule has 0 aromatic heterocycles. The maximum absolute atomic E-state index is 5.92. The number of nitrogens with zero attached hydrogens (tertiary/aromatic N) is 2. The summed E-state index contributed by atoms with van der Waals surface area (Å²) in [5.41, 5.74) is 10.1. The third-order valence-electron chi connectivity index (χ3n) is 4.64. The van der Waals surface area contributed by atoms with E-state index in [0.29, 0.717) is 6.04 Å². The summed E-state index contributed by atoms with van der Waals surface area (Å²) in [5.74, 6) is 0. The van der Waals surface area contributed by atoms with Gasteiger partial charge in [-0.15, -0.1) is 0 Å². The number of rotatable bonds is 5. The number of benzene rings is 1. The molecule has 20 heavy (non-hydrogen) atoms. The van der Waals surface area contributed by atoms with Crippen LogP contribution in [0.25, 0.3) is 0 Å². The third kappa shape index (κ3) is 3.33. The summed E-state index contributed by atoms with van der Waals surface area (Å²) >= 11 is 0. The van der Waals surface area contributed by atoms with Gasteiger partial charge in [0.15, 0.2) is 0 Å². The molecule has 1 aliphatic heterocycles. The quantitative estimate of drug-likeness (QED) is 0.896. The Labute approximate surface area is 123 Å². The highest BCUT2D eigenvalue weighted by Crippen LogP contribution is 2.24. The Morgan fingerprint density at radius 2 is 1.85 bits per heavy atom. The zero-order valence-electron chi connectivity index (χ0n) is 13.2. The molecule has 1 fully saturated rings. The van der Waals surface area contributed by atoms with Crippen LogP contribution in [-0.4, -0.2) is 43.7 Å². The average Bonchev–Trinajstić information content (AvgIpc) is 2.48. The minimum absolute atomic E-state index is 0.570. The van der Waals surface area contributed by atoms with Gasteiger partial charge >= 0.3 is 0 Å². The van der Waals surface area contributed by atoms with Gasteiger partial charge in [0.05, 0.1) is 0 Å². The van der Waals surface area contributed by atoms with Crippen molar-refractivity contribution in [1.82, 2.24) is 4.90 Å². The second-order valence-corrected chi connectivity index (χ2v) is 5.92. The molecule has 3 heteroatoms. The van der Waals surface area contributed by atoms with E-state index in [4.69, 9.17) is 5.73 Å². The second-order valence-electron chi connectivity index (χ2n) is 5.92. The Morgan fingerprint density at radius 3 is 2.45 bits per heavy atom. The van der Waals surface area contributed by atoms with Gasteiger partial charge in [0.1, 0.15) is 0 Å². The van der Waals surface area contributed by atoms with Crippen molar-refractivity contribution < 1.29 is 0 Å². The van der Waals surface area contributed by atoms with Crippen molar-refractivity contribution in [3.05, 3.63) is 29.3 Å². The SMILES string of the molecule is CCCC(CN)N1CCN(c2cccc(C)c2C)CC1. The molecule has 2 N–H and O–H groups in total. The zero-order valence-corrected chi connectivity index (χ0v) is 13.2. The summed E-state index contributed by atoms with van der Waals surface area (Å²) in [6.07, 6.45) is 2.44.